The number of nitro groups is 1. The minimum atomic E-state index is -0.351. The van der Waals surface area contributed by atoms with Gasteiger partial charge in [0.05, 0.1) is 23.7 Å². The van der Waals surface area contributed by atoms with E-state index in [9.17, 15) is 10.1 Å². The first-order valence-corrected chi connectivity index (χ1v) is 7.37. The highest BCUT2D eigenvalue weighted by Crippen LogP contribution is 2.36. The van der Waals surface area contributed by atoms with Crippen LogP contribution in [-0.2, 0) is 4.74 Å². The third-order valence-corrected chi connectivity index (χ3v) is 4.10. The van der Waals surface area contributed by atoms with Crippen molar-refractivity contribution in [2.24, 2.45) is 5.73 Å². The SMILES string of the molecule is CCN1CCOC(CN)C1c1ccc(Br)cc1[N+](=O)[O-]. The Labute approximate surface area is 126 Å². The van der Waals surface area contributed by atoms with E-state index in [0.717, 1.165) is 13.1 Å². The zero-order chi connectivity index (χ0) is 14.7. The van der Waals surface area contributed by atoms with Crippen molar-refractivity contribution < 1.29 is 9.66 Å². The second-order valence-electron chi connectivity index (χ2n) is 4.68. The summed E-state index contributed by atoms with van der Waals surface area (Å²) in [5.41, 5.74) is 6.54. The number of morpholine rings is 1. The molecule has 1 aliphatic heterocycles. The Kier molecular flexibility index (Phi) is 5.09. The maximum absolute atomic E-state index is 11.3. The first-order valence-electron chi connectivity index (χ1n) is 6.58. The summed E-state index contributed by atoms with van der Waals surface area (Å²) in [6.07, 6.45) is -0.219. The number of hydrogen-bond donors (Lipinski definition) is 1. The summed E-state index contributed by atoms with van der Waals surface area (Å²) >= 11 is 3.28. The van der Waals surface area contributed by atoms with Gasteiger partial charge in [0.1, 0.15) is 0 Å². The molecular formula is C13H18BrN3O3. The standard InChI is InChI=1S/C13H18BrN3O3/c1-2-16-5-6-20-12(8-15)13(16)10-4-3-9(14)7-11(10)17(18)19/h3-4,7,12-13H,2,5-6,8,15H2,1H3. The normalized spacial score (nSPS) is 23.8. The molecule has 0 spiro atoms. The van der Waals surface area contributed by atoms with Crippen LogP contribution in [0.15, 0.2) is 22.7 Å². The zero-order valence-electron chi connectivity index (χ0n) is 11.3. The highest BCUT2D eigenvalue weighted by Gasteiger charge is 2.36. The molecule has 1 saturated heterocycles. The number of nitrogens with zero attached hydrogens (tertiary/aromatic N) is 2. The molecule has 2 N–H and O–H groups in total. The van der Waals surface area contributed by atoms with Crippen LogP contribution in [0, 0.1) is 10.1 Å². The number of ether oxygens (including phenoxy) is 1. The van der Waals surface area contributed by atoms with Crippen LogP contribution in [0.3, 0.4) is 0 Å². The van der Waals surface area contributed by atoms with Crippen LogP contribution < -0.4 is 5.73 Å². The molecule has 0 aromatic heterocycles. The van der Waals surface area contributed by atoms with E-state index in [2.05, 4.69) is 20.8 Å². The second-order valence-corrected chi connectivity index (χ2v) is 5.59. The highest BCUT2D eigenvalue weighted by atomic mass is 79.9. The van der Waals surface area contributed by atoms with Crippen molar-refractivity contribution in [3.63, 3.8) is 0 Å². The topological polar surface area (TPSA) is 81.6 Å². The molecule has 7 heteroatoms. The van der Waals surface area contributed by atoms with Gasteiger partial charge >= 0.3 is 0 Å². The first kappa shape index (κ1) is 15.4. The second kappa shape index (κ2) is 6.62. The highest BCUT2D eigenvalue weighted by molar-refractivity contribution is 9.10. The predicted octanol–water partition coefficient (Wildman–Crippen LogP) is 2.08. The lowest BCUT2D eigenvalue weighted by Crippen LogP contribution is -2.48. The summed E-state index contributed by atoms with van der Waals surface area (Å²) in [7, 11) is 0. The Morgan fingerprint density at radius 3 is 2.95 bits per heavy atom. The van der Waals surface area contributed by atoms with Crippen LogP contribution >= 0.6 is 15.9 Å². The lowest BCUT2D eigenvalue weighted by atomic mass is 9.96. The van der Waals surface area contributed by atoms with Crippen LogP contribution in [0.4, 0.5) is 5.69 Å². The molecular weight excluding hydrogens is 326 g/mol. The molecule has 2 atom stereocenters. The number of likely N-dealkylation sites (N-methyl/N-ethyl adjacent to an activating group) is 1. The van der Waals surface area contributed by atoms with E-state index < -0.39 is 0 Å². The van der Waals surface area contributed by atoms with Crippen molar-refractivity contribution in [1.29, 1.82) is 0 Å². The predicted molar refractivity (Wildman–Crippen MR) is 79.6 cm³/mol. The molecule has 0 aliphatic carbocycles. The Morgan fingerprint density at radius 2 is 2.35 bits per heavy atom. The molecule has 110 valence electrons. The average molecular weight is 344 g/mol. The summed E-state index contributed by atoms with van der Waals surface area (Å²) < 4.78 is 6.38. The lowest BCUT2D eigenvalue weighted by molar-refractivity contribution is -0.386. The Hall–Kier alpha value is -1.02. The first-order chi connectivity index (χ1) is 9.58. The third kappa shape index (κ3) is 3.01. The molecule has 1 fully saturated rings. The van der Waals surface area contributed by atoms with Gasteiger partial charge in [0.25, 0.3) is 5.69 Å². The lowest BCUT2D eigenvalue weighted by Gasteiger charge is -2.40. The molecule has 20 heavy (non-hydrogen) atoms. The van der Waals surface area contributed by atoms with E-state index >= 15 is 0 Å². The van der Waals surface area contributed by atoms with E-state index in [1.165, 1.54) is 6.07 Å². The number of nitrogens with two attached hydrogens (primary N) is 1. The Bertz CT molecular complexity index is 486. The number of halogens is 1. The van der Waals surface area contributed by atoms with Crippen molar-refractivity contribution in [2.45, 2.75) is 19.1 Å². The van der Waals surface area contributed by atoms with E-state index in [0.29, 0.717) is 23.2 Å². The maximum atomic E-state index is 11.3. The van der Waals surface area contributed by atoms with Gasteiger partial charge in [0, 0.05) is 29.2 Å². The number of hydrogen-bond acceptors (Lipinski definition) is 5. The van der Waals surface area contributed by atoms with Gasteiger partial charge in [-0.1, -0.05) is 22.9 Å². The fraction of sp³-hybridized carbons (Fsp3) is 0.538. The van der Waals surface area contributed by atoms with Gasteiger partial charge < -0.3 is 10.5 Å². The molecule has 1 aliphatic rings. The van der Waals surface area contributed by atoms with Gasteiger partial charge in [-0.3, -0.25) is 15.0 Å². The Morgan fingerprint density at radius 1 is 1.60 bits per heavy atom. The van der Waals surface area contributed by atoms with Crippen LogP contribution in [0.5, 0.6) is 0 Å². The minimum Gasteiger partial charge on any atom is -0.374 e. The van der Waals surface area contributed by atoms with Crippen LogP contribution in [-0.4, -0.2) is 42.2 Å². The van der Waals surface area contributed by atoms with Crippen LogP contribution in [0.2, 0.25) is 0 Å². The summed E-state index contributed by atoms with van der Waals surface area (Å²) in [5.74, 6) is 0. The average Bonchev–Trinajstić information content (AvgIpc) is 2.46. The molecule has 2 rings (SSSR count). The van der Waals surface area contributed by atoms with Crippen molar-refractivity contribution in [3.05, 3.63) is 38.3 Å². The van der Waals surface area contributed by atoms with Gasteiger partial charge in [-0.2, -0.15) is 0 Å². The van der Waals surface area contributed by atoms with Gasteiger partial charge in [-0.15, -0.1) is 0 Å². The molecule has 2 unspecified atom stereocenters. The molecule has 1 aromatic rings. The molecule has 0 saturated carbocycles. The van der Waals surface area contributed by atoms with E-state index in [1.54, 1.807) is 6.07 Å². The number of benzene rings is 1. The smallest absolute Gasteiger partial charge is 0.275 e. The Balaban J connectivity index is 2.47. The quantitative estimate of drug-likeness (QED) is 0.668. The fourth-order valence-corrected chi connectivity index (χ4v) is 3.01. The van der Waals surface area contributed by atoms with Gasteiger partial charge in [-0.05, 0) is 18.7 Å². The molecule has 6 nitrogen and oxygen atoms in total. The number of rotatable bonds is 4. The van der Waals surface area contributed by atoms with Crippen molar-refractivity contribution in [1.82, 2.24) is 4.90 Å². The fourth-order valence-electron chi connectivity index (χ4n) is 2.66. The van der Waals surface area contributed by atoms with E-state index in [4.69, 9.17) is 10.5 Å². The molecule has 1 heterocycles. The zero-order valence-corrected chi connectivity index (χ0v) is 12.9. The summed E-state index contributed by atoms with van der Waals surface area (Å²) in [6, 6.07) is 4.96. The molecule has 0 radical (unpaired) electrons. The van der Waals surface area contributed by atoms with E-state index in [1.807, 2.05) is 13.0 Å². The van der Waals surface area contributed by atoms with Gasteiger partial charge in [0.15, 0.2) is 0 Å². The van der Waals surface area contributed by atoms with Crippen molar-refractivity contribution in [3.8, 4) is 0 Å². The summed E-state index contributed by atoms with van der Waals surface area (Å²) in [5, 5.41) is 11.3. The van der Waals surface area contributed by atoms with Crippen LogP contribution in [0.25, 0.3) is 0 Å². The number of nitro benzene ring substituents is 1. The van der Waals surface area contributed by atoms with E-state index in [-0.39, 0.29) is 22.8 Å². The van der Waals surface area contributed by atoms with Gasteiger partial charge in [0.2, 0.25) is 0 Å². The maximum Gasteiger partial charge on any atom is 0.275 e. The molecule has 0 bridgehead atoms. The summed E-state index contributed by atoms with van der Waals surface area (Å²) in [4.78, 5) is 13.1. The van der Waals surface area contributed by atoms with Crippen molar-refractivity contribution in [2.75, 3.05) is 26.2 Å². The summed E-state index contributed by atoms with van der Waals surface area (Å²) in [6.45, 7) is 4.55. The largest absolute Gasteiger partial charge is 0.374 e. The van der Waals surface area contributed by atoms with Crippen molar-refractivity contribution >= 4 is 21.6 Å². The van der Waals surface area contributed by atoms with Crippen LogP contribution in [0.1, 0.15) is 18.5 Å². The van der Waals surface area contributed by atoms with Gasteiger partial charge in [-0.25, -0.2) is 0 Å². The molecule has 1 aromatic carbocycles. The third-order valence-electron chi connectivity index (χ3n) is 3.60. The minimum absolute atomic E-state index is 0.103. The monoisotopic (exact) mass is 343 g/mol. The molecule has 0 amide bonds.